The van der Waals surface area contributed by atoms with Crippen molar-refractivity contribution < 1.29 is 9.18 Å². The first-order valence-corrected chi connectivity index (χ1v) is 10.4. The molecule has 0 spiro atoms. The third-order valence-corrected chi connectivity index (χ3v) is 5.02. The van der Waals surface area contributed by atoms with Gasteiger partial charge in [0.2, 0.25) is 5.91 Å². The maximum Gasteiger partial charge on any atom is 0.232 e. The van der Waals surface area contributed by atoms with Gasteiger partial charge in [-0.3, -0.25) is 9.78 Å². The summed E-state index contributed by atoms with van der Waals surface area (Å²) < 4.78 is 13.4. The van der Waals surface area contributed by atoms with Gasteiger partial charge in [0.1, 0.15) is 11.6 Å². The number of hydrogen-bond donors (Lipinski definition) is 0. The van der Waals surface area contributed by atoms with Crippen LogP contribution in [0.5, 0.6) is 0 Å². The largest absolute Gasteiger partial charge is 0.359 e. The summed E-state index contributed by atoms with van der Waals surface area (Å²) in [7, 11) is 2.01. The second-order valence-corrected chi connectivity index (χ2v) is 8.68. The Morgan fingerprint density at radius 3 is 2.32 bits per heavy atom. The molecule has 6 heteroatoms. The molecular weight excluding hydrogens is 391 g/mol. The van der Waals surface area contributed by atoms with Crippen LogP contribution in [0.25, 0.3) is 0 Å². The fourth-order valence-corrected chi connectivity index (χ4v) is 3.18. The summed E-state index contributed by atoms with van der Waals surface area (Å²) in [6, 6.07) is 14.0. The monoisotopic (exact) mass is 420 g/mol. The van der Waals surface area contributed by atoms with Gasteiger partial charge in [-0.05, 0) is 53.9 Å². The Hall–Kier alpha value is -3.28. The number of nitrogens with zero attached hydrogens (tertiary/aromatic N) is 4. The highest BCUT2D eigenvalue weighted by Gasteiger charge is 2.28. The average Bonchev–Trinajstić information content (AvgIpc) is 2.76. The number of anilines is 2. The van der Waals surface area contributed by atoms with E-state index in [1.807, 2.05) is 52.2 Å². The second kappa shape index (κ2) is 9.69. The summed E-state index contributed by atoms with van der Waals surface area (Å²) in [4.78, 5) is 25.6. The molecule has 2 heterocycles. The zero-order valence-corrected chi connectivity index (χ0v) is 18.5. The van der Waals surface area contributed by atoms with Crippen LogP contribution in [0.15, 0.2) is 67.1 Å². The zero-order chi connectivity index (χ0) is 22.4. The van der Waals surface area contributed by atoms with Gasteiger partial charge in [0, 0.05) is 43.3 Å². The molecule has 31 heavy (non-hydrogen) atoms. The Morgan fingerprint density at radius 2 is 1.74 bits per heavy atom. The molecule has 3 aromatic rings. The van der Waals surface area contributed by atoms with Crippen LogP contribution in [0.3, 0.4) is 0 Å². The Balaban J connectivity index is 1.71. The molecule has 0 aliphatic heterocycles. The quantitative estimate of drug-likeness (QED) is 0.547. The van der Waals surface area contributed by atoms with Crippen LogP contribution in [-0.4, -0.2) is 29.5 Å². The first kappa shape index (κ1) is 22.4. The number of amides is 1. The SMILES string of the molecule is CN(CCc1cccnc1)c1ccc(CN(C(=O)C(C)(C)C)c2ccc(F)cc2)cn1. The number of likely N-dealkylation sites (N-methyl/N-ethyl adjacent to an activating group) is 1. The number of benzene rings is 1. The van der Waals surface area contributed by atoms with Gasteiger partial charge < -0.3 is 9.80 Å². The molecule has 1 aromatic carbocycles. The molecular formula is C25H29FN4O. The van der Waals surface area contributed by atoms with Gasteiger partial charge >= 0.3 is 0 Å². The number of carbonyl (C=O) groups is 1. The third-order valence-electron chi connectivity index (χ3n) is 5.02. The van der Waals surface area contributed by atoms with Crippen LogP contribution in [0, 0.1) is 11.2 Å². The highest BCUT2D eigenvalue weighted by atomic mass is 19.1. The highest BCUT2D eigenvalue weighted by molar-refractivity contribution is 5.96. The molecule has 0 unspecified atom stereocenters. The minimum Gasteiger partial charge on any atom is -0.359 e. The van der Waals surface area contributed by atoms with Crippen LogP contribution in [0.1, 0.15) is 31.9 Å². The van der Waals surface area contributed by atoms with Crippen molar-refractivity contribution in [1.29, 1.82) is 0 Å². The lowest BCUT2D eigenvalue weighted by Gasteiger charge is -2.30. The van der Waals surface area contributed by atoms with Gasteiger partial charge in [0.25, 0.3) is 0 Å². The number of halogens is 1. The number of rotatable bonds is 7. The van der Waals surface area contributed by atoms with Crippen molar-refractivity contribution in [3.8, 4) is 0 Å². The van der Waals surface area contributed by atoms with Crippen LogP contribution >= 0.6 is 0 Å². The first-order chi connectivity index (χ1) is 14.7. The second-order valence-electron chi connectivity index (χ2n) is 8.68. The van der Waals surface area contributed by atoms with E-state index in [2.05, 4.69) is 20.9 Å². The molecule has 0 atom stereocenters. The van der Waals surface area contributed by atoms with Crippen molar-refractivity contribution in [1.82, 2.24) is 9.97 Å². The minimum atomic E-state index is -0.561. The lowest BCUT2D eigenvalue weighted by Crippen LogP contribution is -2.39. The van der Waals surface area contributed by atoms with E-state index in [1.165, 1.54) is 17.7 Å². The van der Waals surface area contributed by atoms with E-state index in [9.17, 15) is 9.18 Å². The Kier molecular flexibility index (Phi) is 7.00. The van der Waals surface area contributed by atoms with Crippen molar-refractivity contribution in [2.24, 2.45) is 5.41 Å². The topological polar surface area (TPSA) is 49.3 Å². The average molecular weight is 421 g/mol. The molecule has 3 rings (SSSR count). The smallest absolute Gasteiger partial charge is 0.232 e. The van der Waals surface area contributed by atoms with Gasteiger partial charge in [-0.1, -0.05) is 32.9 Å². The highest BCUT2D eigenvalue weighted by Crippen LogP contribution is 2.26. The lowest BCUT2D eigenvalue weighted by molar-refractivity contribution is -0.125. The van der Waals surface area contributed by atoms with Crippen LogP contribution in [-0.2, 0) is 17.8 Å². The van der Waals surface area contributed by atoms with Gasteiger partial charge in [0.15, 0.2) is 0 Å². The van der Waals surface area contributed by atoms with Crippen molar-refractivity contribution in [2.45, 2.75) is 33.7 Å². The summed E-state index contributed by atoms with van der Waals surface area (Å²) in [5, 5.41) is 0. The van der Waals surface area contributed by atoms with E-state index in [4.69, 9.17) is 0 Å². The third kappa shape index (κ3) is 6.10. The fourth-order valence-electron chi connectivity index (χ4n) is 3.18. The van der Waals surface area contributed by atoms with Crippen molar-refractivity contribution in [2.75, 3.05) is 23.4 Å². The van der Waals surface area contributed by atoms with E-state index in [1.54, 1.807) is 29.4 Å². The molecule has 5 nitrogen and oxygen atoms in total. The van der Waals surface area contributed by atoms with Gasteiger partial charge in [0.05, 0.1) is 6.54 Å². The van der Waals surface area contributed by atoms with Crippen molar-refractivity contribution in [3.63, 3.8) is 0 Å². The van der Waals surface area contributed by atoms with Crippen LogP contribution < -0.4 is 9.80 Å². The predicted molar refractivity (Wildman–Crippen MR) is 122 cm³/mol. The summed E-state index contributed by atoms with van der Waals surface area (Å²) in [6.45, 7) is 6.83. The standard InChI is InChI=1S/C25H29FN4O/c1-25(2,3)24(31)30(22-10-8-21(26)9-11-22)18-20-7-12-23(28-17-20)29(4)15-13-19-6-5-14-27-16-19/h5-12,14,16-17H,13,15,18H2,1-4H3. The molecule has 0 N–H and O–H groups in total. The molecule has 162 valence electrons. The summed E-state index contributed by atoms with van der Waals surface area (Å²) >= 11 is 0. The van der Waals surface area contributed by atoms with Crippen LogP contribution in [0.4, 0.5) is 15.9 Å². The molecule has 0 bridgehead atoms. The zero-order valence-electron chi connectivity index (χ0n) is 18.5. The molecule has 0 saturated carbocycles. The maximum absolute atomic E-state index is 13.4. The van der Waals surface area contributed by atoms with E-state index in [0.717, 1.165) is 24.3 Å². The summed E-state index contributed by atoms with van der Waals surface area (Å²) in [5.41, 5.74) is 2.20. The molecule has 0 aliphatic carbocycles. The molecule has 2 aromatic heterocycles. The Morgan fingerprint density at radius 1 is 1.00 bits per heavy atom. The van der Waals surface area contributed by atoms with E-state index < -0.39 is 5.41 Å². The molecule has 0 aliphatic rings. The minimum absolute atomic E-state index is 0.0308. The fraction of sp³-hybridized carbons (Fsp3) is 0.320. The van der Waals surface area contributed by atoms with E-state index >= 15 is 0 Å². The summed E-state index contributed by atoms with van der Waals surface area (Å²) in [5.74, 6) is 0.507. The summed E-state index contributed by atoms with van der Waals surface area (Å²) in [6.07, 6.45) is 6.32. The maximum atomic E-state index is 13.4. The Labute approximate surface area is 183 Å². The van der Waals surface area contributed by atoms with E-state index in [0.29, 0.717) is 12.2 Å². The predicted octanol–water partition coefficient (Wildman–Crippen LogP) is 4.87. The molecule has 0 fully saturated rings. The van der Waals surface area contributed by atoms with Gasteiger partial charge in [-0.2, -0.15) is 0 Å². The Bertz CT molecular complexity index is 983. The number of hydrogen-bond acceptors (Lipinski definition) is 4. The molecule has 0 saturated heterocycles. The van der Waals surface area contributed by atoms with Gasteiger partial charge in [-0.25, -0.2) is 9.37 Å². The normalized spacial score (nSPS) is 11.3. The lowest BCUT2D eigenvalue weighted by atomic mass is 9.94. The molecule has 1 amide bonds. The number of aromatic nitrogens is 2. The number of carbonyl (C=O) groups excluding carboxylic acids is 1. The molecule has 0 radical (unpaired) electrons. The van der Waals surface area contributed by atoms with E-state index in [-0.39, 0.29) is 11.7 Å². The van der Waals surface area contributed by atoms with Crippen molar-refractivity contribution >= 4 is 17.4 Å². The first-order valence-electron chi connectivity index (χ1n) is 10.4. The number of pyridine rings is 2. The van der Waals surface area contributed by atoms with Gasteiger partial charge in [-0.15, -0.1) is 0 Å². The van der Waals surface area contributed by atoms with Crippen LogP contribution in [0.2, 0.25) is 0 Å². The van der Waals surface area contributed by atoms with Crippen molar-refractivity contribution in [3.05, 3.63) is 84.1 Å².